The van der Waals surface area contributed by atoms with Crippen molar-refractivity contribution in [1.82, 2.24) is 4.57 Å². The number of nitrogens with zero attached hydrogens (tertiary/aromatic N) is 2. The van der Waals surface area contributed by atoms with Crippen LogP contribution < -0.4 is 29.1 Å². The van der Waals surface area contributed by atoms with Crippen molar-refractivity contribution >= 4 is 23.4 Å². The van der Waals surface area contributed by atoms with Crippen LogP contribution in [0, 0.1) is 0 Å². The van der Waals surface area contributed by atoms with Crippen LogP contribution >= 0.6 is 11.3 Å². The molecule has 2 heterocycles. The monoisotopic (exact) mass is 550 g/mol. The lowest BCUT2D eigenvalue weighted by molar-refractivity contribution is -0.139. The summed E-state index contributed by atoms with van der Waals surface area (Å²) in [6.07, 6.45) is 3.16. The fourth-order valence-corrected chi connectivity index (χ4v) is 5.64. The summed E-state index contributed by atoms with van der Waals surface area (Å²) in [6, 6.07) is 12.3. The lowest BCUT2D eigenvalue weighted by Gasteiger charge is -2.26. The number of rotatable bonds is 11. The Morgan fingerprint density at radius 1 is 1.00 bits per heavy atom. The van der Waals surface area contributed by atoms with Crippen molar-refractivity contribution in [2.75, 3.05) is 26.9 Å². The van der Waals surface area contributed by atoms with Gasteiger partial charge in [-0.25, -0.2) is 9.79 Å². The second kappa shape index (κ2) is 12.8. The number of ether oxygens (including phenoxy) is 4. The molecule has 0 spiro atoms. The fraction of sp³-hybridized carbons (Fsp3) is 0.367. The zero-order chi connectivity index (χ0) is 27.9. The summed E-state index contributed by atoms with van der Waals surface area (Å²) in [6.45, 7) is 8.84. The Balaban J connectivity index is 1.96. The van der Waals surface area contributed by atoms with Crippen LogP contribution in [0.3, 0.4) is 0 Å². The highest BCUT2D eigenvalue weighted by Gasteiger charge is 2.35. The van der Waals surface area contributed by atoms with Gasteiger partial charge < -0.3 is 18.9 Å². The quantitative estimate of drug-likeness (QED) is 0.329. The Hall–Kier alpha value is -3.85. The predicted octanol–water partition coefficient (Wildman–Crippen LogP) is 4.38. The van der Waals surface area contributed by atoms with Gasteiger partial charge in [-0.2, -0.15) is 0 Å². The van der Waals surface area contributed by atoms with E-state index >= 15 is 0 Å². The molecule has 206 valence electrons. The van der Waals surface area contributed by atoms with Crippen molar-refractivity contribution < 1.29 is 23.7 Å². The minimum absolute atomic E-state index is 0.213. The average molecular weight is 551 g/mol. The van der Waals surface area contributed by atoms with Crippen LogP contribution in [-0.4, -0.2) is 37.5 Å². The number of benzene rings is 2. The second-order valence-corrected chi connectivity index (χ2v) is 9.74. The molecule has 9 heteroatoms. The first-order chi connectivity index (χ1) is 19.0. The van der Waals surface area contributed by atoms with E-state index < -0.39 is 12.0 Å². The first kappa shape index (κ1) is 28.2. The molecule has 0 unspecified atom stereocenters. The van der Waals surface area contributed by atoms with E-state index in [1.807, 2.05) is 69.3 Å². The molecule has 0 bridgehead atoms. The van der Waals surface area contributed by atoms with Gasteiger partial charge in [-0.05, 0) is 57.0 Å². The van der Waals surface area contributed by atoms with Crippen molar-refractivity contribution in [1.29, 1.82) is 0 Å². The van der Waals surface area contributed by atoms with Crippen LogP contribution in [-0.2, 0) is 9.53 Å². The molecule has 0 amide bonds. The summed E-state index contributed by atoms with van der Waals surface area (Å²) in [5.74, 6) is 1.35. The standard InChI is InChI=1S/C30H34N2O6S/c1-6-12-21-26(29(34)38-9-4)27(20-13-10-11-14-22(20)35-5)32-28(33)25(39-30(32)31-21)18-19-15-16-23(36-7-2)24(17-19)37-8-3/h10-11,13-18,27H,6-9,12H2,1-5H3/b25-18-/t27-/m0/s1. The Morgan fingerprint density at radius 2 is 1.74 bits per heavy atom. The Kier molecular flexibility index (Phi) is 9.24. The van der Waals surface area contributed by atoms with Gasteiger partial charge in [-0.1, -0.05) is 48.9 Å². The number of para-hydroxylation sites is 1. The van der Waals surface area contributed by atoms with Gasteiger partial charge in [0.2, 0.25) is 0 Å². The molecule has 1 aliphatic rings. The van der Waals surface area contributed by atoms with Gasteiger partial charge >= 0.3 is 5.97 Å². The number of methoxy groups -OCH3 is 1. The molecule has 1 aliphatic heterocycles. The van der Waals surface area contributed by atoms with E-state index in [0.717, 1.165) is 12.0 Å². The van der Waals surface area contributed by atoms with Crippen LogP contribution in [0.2, 0.25) is 0 Å². The number of carbonyl (C=O) groups excluding carboxylic acids is 1. The zero-order valence-electron chi connectivity index (χ0n) is 23.0. The summed E-state index contributed by atoms with van der Waals surface area (Å²) in [4.78, 5) is 32.7. The van der Waals surface area contributed by atoms with Gasteiger partial charge in [-0.3, -0.25) is 9.36 Å². The van der Waals surface area contributed by atoms with Gasteiger partial charge in [-0.15, -0.1) is 0 Å². The highest BCUT2D eigenvalue weighted by atomic mass is 32.1. The van der Waals surface area contributed by atoms with Crippen LogP contribution in [0.4, 0.5) is 0 Å². The summed E-state index contributed by atoms with van der Waals surface area (Å²) in [5, 5.41) is 0. The predicted molar refractivity (Wildman–Crippen MR) is 151 cm³/mol. The van der Waals surface area contributed by atoms with Gasteiger partial charge in [0.1, 0.15) is 11.8 Å². The van der Waals surface area contributed by atoms with Crippen LogP contribution in [0.5, 0.6) is 17.2 Å². The SMILES string of the molecule is CCCC1=C(C(=O)OCC)[C@H](c2ccccc2OC)n2c(s/c(=C\c3ccc(OCC)c(OCC)c3)c2=O)=N1. The lowest BCUT2D eigenvalue weighted by Crippen LogP contribution is -2.40. The third-order valence-corrected chi connectivity index (χ3v) is 7.17. The largest absolute Gasteiger partial charge is 0.496 e. The van der Waals surface area contributed by atoms with Crippen molar-refractivity contribution in [2.24, 2.45) is 4.99 Å². The number of aromatic nitrogens is 1. The maximum absolute atomic E-state index is 14.0. The van der Waals surface area contributed by atoms with E-state index in [0.29, 0.717) is 63.1 Å². The zero-order valence-corrected chi connectivity index (χ0v) is 23.8. The van der Waals surface area contributed by atoms with Crippen molar-refractivity contribution in [3.63, 3.8) is 0 Å². The topological polar surface area (TPSA) is 88.4 Å². The summed E-state index contributed by atoms with van der Waals surface area (Å²) >= 11 is 1.29. The van der Waals surface area contributed by atoms with E-state index in [-0.39, 0.29) is 12.2 Å². The molecule has 3 aromatic rings. The normalized spacial score (nSPS) is 15.0. The third kappa shape index (κ3) is 5.78. The molecule has 0 aliphatic carbocycles. The van der Waals surface area contributed by atoms with Crippen LogP contribution in [0.15, 0.2) is 63.5 Å². The minimum Gasteiger partial charge on any atom is -0.496 e. The number of allylic oxidation sites excluding steroid dienone is 1. The number of fused-ring (bicyclic) bond motifs is 1. The van der Waals surface area contributed by atoms with Gasteiger partial charge in [0.15, 0.2) is 16.3 Å². The molecule has 39 heavy (non-hydrogen) atoms. The molecule has 8 nitrogen and oxygen atoms in total. The van der Waals surface area contributed by atoms with Gasteiger partial charge in [0, 0.05) is 5.56 Å². The lowest BCUT2D eigenvalue weighted by atomic mass is 9.93. The minimum atomic E-state index is -0.737. The molecule has 0 N–H and O–H groups in total. The molecular weight excluding hydrogens is 516 g/mol. The van der Waals surface area contributed by atoms with Crippen molar-refractivity contribution in [3.05, 3.63) is 84.5 Å². The Bertz CT molecular complexity index is 1550. The van der Waals surface area contributed by atoms with Gasteiger partial charge in [0.05, 0.1) is 42.7 Å². The highest BCUT2D eigenvalue weighted by Crippen LogP contribution is 2.37. The first-order valence-electron chi connectivity index (χ1n) is 13.2. The second-order valence-electron chi connectivity index (χ2n) is 8.73. The number of esters is 1. The fourth-order valence-electron chi connectivity index (χ4n) is 4.62. The van der Waals surface area contributed by atoms with Gasteiger partial charge in [0.25, 0.3) is 5.56 Å². The van der Waals surface area contributed by atoms with Crippen LogP contribution in [0.25, 0.3) is 6.08 Å². The molecule has 4 rings (SSSR count). The maximum atomic E-state index is 14.0. The molecule has 1 aromatic heterocycles. The van der Waals surface area contributed by atoms with Crippen LogP contribution in [0.1, 0.15) is 57.7 Å². The Morgan fingerprint density at radius 3 is 2.44 bits per heavy atom. The molecule has 0 saturated heterocycles. The highest BCUT2D eigenvalue weighted by molar-refractivity contribution is 7.07. The van der Waals surface area contributed by atoms with E-state index in [4.69, 9.17) is 23.9 Å². The first-order valence-corrected chi connectivity index (χ1v) is 14.0. The third-order valence-electron chi connectivity index (χ3n) is 6.19. The summed E-state index contributed by atoms with van der Waals surface area (Å²) in [5.41, 5.74) is 2.22. The number of thiazole rings is 1. The number of hydrogen-bond donors (Lipinski definition) is 0. The molecule has 2 aromatic carbocycles. The molecule has 0 radical (unpaired) electrons. The maximum Gasteiger partial charge on any atom is 0.338 e. The summed E-state index contributed by atoms with van der Waals surface area (Å²) in [7, 11) is 1.57. The Labute approximate surface area is 231 Å². The average Bonchev–Trinajstić information content (AvgIpc) is 3.24. The number of carbonyl (C=O) groups is 1. The summed E-state index contributed by atoms with van der Waals surface area (Å²) < 4.78 is 24.6. The van der Waals surface area contributed by atoms with E-state index in [1.165, 1.54) is 11.3 Å². The molecule has 0 fully saturated rings. The van der Waals surface area contributed by atoms with E-state index in [1.54, 1.807) is 18.6 Å². The molecular formula is C30H34N2O6S. The van der Waals surface area contributed by atoms with E-state index in [2.05, 4.69) is 0 Å². The molecule has 1 atom stereocenters. The smallest absolute Gasteiger partial charge is 0.338 e. The van der Waals surface area contributed by atoms with Crippen molar-refractivity contribution in [3.8, 4) is 17.2 Å². The molecule has 0 saturated carbocycles. The van der Waals surface area contributed by atoms with E-state index in [9.17, 15) is 9.59 Å². The van der Waals surface area contributed by atoms with Crippen molar-refractivity contribution in [2.45, 2.75) is 46.6 Å². The number of hydrogen-bond acceptors (Lipinski definition) is 8.